The maximum atomic E-state index is 13.0. The first-order valence-electron chi connectivity index (χ1n) is 10.3. The third kappa shape index (κ3) is 4.11. The van der Waals surface area contributed by atoms with Gasteiger partial charge in [0.25, 0.3) is 5.91 Å². The molecule has 0 radical (unpaired) electrons. The van der Waals surface area contributed by atoms with E-state index in [9.17, 15) is 9.59 Å². The van der Waals surface area contributed by atoms with E-state index in [4.69, 9.17) is 4.74 Å². The van der Waals surface area contributed by atoms with Gasteiger partial charge < -0.3 is 9.64 Å². The molecule has 0 saturated carbocycles. The number of ether oxygens (including phenoxy) is 1. The molecule has 1 heterocycles. The van der Waals surface area contributed by atoms with Gasteiger partial charge in [0.2, 0.25) is 0 Å². The Morgan fingerprint density at radius 3 is 2.54 bits per heavy atom. The Labute approximate surface area is 166 Å². The molecule has 2 aromatic carbocycles. The van der Waals surface area contributed by atoms with Gasteiger partial charge in [-0.3, -0.25) is 9.59 Å². The number of hydrogen-bond donors (Lipinski definition) is 0. The molecule has 146 valence electrons. The number of hydrogen-bond acceptors (Lipinski definition) is 3. The Hall–Kier alpha value is -2.62. The number of carbonyl (C=O) groups is 2. The monoisotopic (exact) mass is 377 g/mol. The normalized spacial score (nSPS) is 20.3. The molecule has 1 saturated heterocycles. The Bertz CT molecular complexity index is 875. The smallest absolute Gasteiger partial charge is 0.309 e. The quantitative estimate of drug-likeness (QED) is 0.578. The molecular formula is C24H27NO3. The number of esters is 1. The minimum atomic E-state index is -0.0909. The molecule has 4 rings (SSSR count). The Morgan fingerprint density at radius 2 is 1.75 bits per heavy atom. The maximum Gasteiger partial charge on any atom is 0.309 e. The zero-order valence-electron chi connectivity index (χ0n) is 16.2. The first-order chi connectivity index (χ1) is 13.7. The van der Waals surface area contributed by atoms with Crippen molar-refractivity contribution in [3.63, 3.8) is 0 Å². The number of fused-ring (bicyclic) bond motifs is 1. The van der Waals surface area contributed by atoms with Crippen LogP contribution in [0.2, 0.25) is 0 Å². The lowest BCUT2D eigenvalue weighted by molar-refractivity contribution is -0.151. The van der Waals surface area contributed by atoms with E-state index in [0.29, 0.717) is 38.5 Å². The van der Waals surface area contributed by atoms with Gasteiger partial charge in [-0.25, -0.2) is 0 Å². The summed E-state index contributed by atoms with van der Waals surface area (Å²) in [7, 11) is 0. The van der Waals surface area contributed by atoms with Crippen molar-refractivity contribution in [1.82, 2.24) is 4.90 Å². The Kier molecular flexibility index (Phi) is 5.75. The van der Waals surface area contributed by atoms with Crippen LogP contribution < -0.4 is 0 Å². The van der Waals surface area contributed by atoms with Gasteiger partial charge in [-0.2, -0.15) is 0 Å². The SMILES string of the molecule is O=C(OCC1CC=CCC1)C1CCN(C(=O)c2cccc3ccccc23)CC1. The molecule has 1 atom stereocenters. The van der Waals surface area contributed by atoms with E-state index in [-0.39, 0.29) is 17.8 Å². The van der Waals surface area contributed by atoms with Gasteiger partial charge in [0.15, 0.2) is 0 Å². The number of allylic oxidation sites excluding steroid dienone is 2. The minimum Gasteiger partial charge on any atom is -0.465 e. The van der Waals surface area contributed by atoms with Crippen molar-refractivity contribution < 1.29 is 14.3 Å². The van der Waals surface area contributed by atoms with Crippen LogP contribution in [0.25, 0.3) is 10.8 Å². The molecule has 28 heavy (non-hydrogen) atoms. The summed E-state index contributed by atoms with van der Waals surface area (Å²) >= 11 is 0. The highest BCUT2D eigenvalue weighted by molar-refractivity contribution is 6.07. The van der Waals surface area contributed by atoms with E-state index in [0.717, 1.165) is 35.6 Å². The number of amides is 1. The summed E-state index contributed by atoms with van der Waals surface area (Å²) in [4.78, 5) is 27.3. The fraction of sp³-hybridized carbons (Fsp3) is 0.417. The second kappa shape index (κ2) is 8.59. The molecule has 4 nitrogen and oxygen atoms in total. The van der Waals surface area contributed by atoms with E-state index in [1.54, 1.807) is 0 Å². The summed E-state index contributed by atoms with van der Waals surface area (Å²) in [6, 6.07) is 13.8. The molecule has 0 N–H and O–H groups in total. The van der Waals surface area contributed by atoms with Gasteiger partial charge in [0.05, 0.1) is 12.5 Å². The molecule has 1 unspecified atom stereocenters. The number of piperidine rings is 1. The Balaban J connectivity index is 1.32. The van der Waals surface area contributed by atoms with Crippen molar-refractivity contribution in [2.45, 2.75) is 32.1 Å². The Morgan fingerprint density at radius 1 is 0.964 bits per heavy atom. The summed E-state index contributed by atoms with van der Waals surface area (Å²) in [6.45, 7) is 1.74. The predicted molar refractivity (Wildman–Crippen MR) is 110 cm³/mol. The van der Waals surface area contributed by atoms with Gasteiger partial charge in [-0.15, -0.1) is 0 Å². The molecule has 1 fully saturated rings. The second-order valence-electron chi connectivity index (χ2n) is 7.87. The first-order valence-corrected chi connectivity index (χ1v) is 10.3. The number of likely N-dealkylation sites (tertiary alicyclic amines) is 1. The summed E-state index contributed by atoms with van der Waals surface area (Å²) in [5, 5.41) is 2.06. The number of carbonyl (C=O) groups excluding carboxylic acids is 2. The summed E-state index contributed by atoms with van der Waals surface area (Å²) < 4.78 is 5.58. The predicted octanol–water partition coefficient (Wildman–Crippen LogP) is 4.59. The topological polar surface area (TPSA) is 46.6 Å². The van der Waals surface area contributed by atoms with Gasteiger partial charge in [-0.1, -0.05) is 48.6 Å². The van der Waals surface area contributed by atoms with Crippen LogP contribution in [-0.2, 0) is 9.53 Å². The highest BCUT2D eigenvalue weighted by atomic mass is 16.5. The molecule has 1 aliphatic carbocycles. The summed E-state index contributed by atoms with van der Waals surface area (Å²) in [5.74, 6) is 0.335. The highest BCUT2D eigenvalue weighted by Gasteiger charge is 2.29. The van der Waals surface area contributed by atoms with Crippen molar-refractivity contribution in [2.75, 3.05) is 19.7 Å². The van der Waals surface area contributed by atoms with E-state index >= 15 is 0 Å². The van der Waals surface area contributed by atoms with Crippen LogP contribution in [-0.4, -0.2) is 36.5 Å². The fourth-order valence-electron chi connectivity index (χ4n) is 4.23. The molecule has 2 aromatic rings. The van der Waals surface area contributed by atoms with E-state index < -0.39 is 0 Å². The van der Waals surface area contributed by atoms with Crippen LogP contribution in [0.15, 0.2) is 54.6 Å². The first kappa shape index (κ1) is 18.7. The molecule has 1 aliphatic heterocycles. The molecule has 0 spiro atoms. The third-order valence-electron chi connectivity index (χ3n) is 5.97. The van der Waals surface area contributed by atoms with Crippen LogP contribution in [0, 0.1) is 11.8 Å². The lowest BCUT2D eigenvalue weighted by Crippen LogP contribution is -2.40. The van der Waals surface area contributed by atoms with Crippen LogP contribution in [0.4, 0.5) is 0 Å². The average molecular weight is 377 g/mol. The van der Waals surface area contributed by atoms with Crippen molar-refractivity contribution in [3.8, 4) is 0 Å². The van der Waals surface area contributed by atoms with E-state index in [1.165, 1.54) is 0 Å². The zero-order chi connectivity index (χ0) is 19.3. The molecule has 4 heteroatoms. The average Bonchev–Trinajstić information content (AvgIpc) is 2.77. The molecule has 1 amide bonds. The van der Waals surface area contributed by atoms with E-state index in [2.05, 4.69) is 12.2 Å². The zero-order valence-corrected chi connectivity index (χ0v) is 16.2. The van der Waals surface area contributed by atoms with Crippen LogP contribution in [0.5, 0.6) is 0 Å². The highest BCUT2D eigenvalue weighted by Crippen LogP contribution is 2.25. The number of nitrogens with zero attached hydrogens (tertiary/aromatic N) is 1. The van der Waals surface area contributed by atoms with Gasteiger partial charge in [-0.05, 0) is 54.9 Å². The maximum absolute atomic E-state index is 13.0. The lowest BCUT2D eigenvalue weighted by Gasteiger charge is -2.31. The van der Waals surface area contributed by atoms with Crippen LogP contribution in [0.1, 0.15) is 42.5 Å². The van der Waals surface area contributed by atoms with Crippen molar-refractivity contribution in [1.29, 1.82) is 0 Å². The van der Waals surface area contributed by atoms with Crippen LogP contribution in [0.3, 0.4) is 0 Å². The van der Waals surface area contributed by atoms with Gasteiger partial charge in [0.1, 0.15) is 0 Å². The molecule has 0 bridgehead atoms. The number of rotatable bonds is 4. The lowest BCUT2D eigenvalue weighted by atomic mass is 9.94. The summed E-state index contributed by atoms with van der Waals surface area (Å²) in [5.41, 5.74) is 0.740. The third-order valence-corrected chi connectivity index (χ3v) is 5.97. The van der Waals surface area contributed by atoms with Gasteiger partial charge >= 0.3 is 5.97 Å². The van der Waals surface area contributed by atoms with Crippen molar-refractivity contribution >= 4 is 22.6 Å². The van der Waals surface area contributed by atoms with Crippen molar-refractivity contribution in [2.24, 2.45) is 11.8 Å². The minimum absolute atomic E-state index is 0.0533. The standard InChI is InChI=1S/C24H27NO3/c26-23(22-12-6-10-19-9-4-5-11-21(19)22)25-15-13-20(14-16-25)24(27)28-17-18-7-2-1-3-8-18/h1-2,4-6,9-12,18,20H,3,7-8,13-17H2. The molecular weight excluding hydrogens is 350 g/mol. The van der Waals surface area contributed by atoms with Crippen molar-refractivity contribution in [3.05, 3.63) is 60.2 Å². The molecule has 2 aliphatic rings. The molecule has 0 aromatic heterocycles. The van der Waals surface area contributed by atoms with Crippen LogP contribution >= 0.6 is 0 Å². The second-order valence-corrected chi connectivity index (χ2v) is 7.87. The number of benzene rings is 2. The largest absolute Gasteiger partial charge is 0.465 e. The fourth-order valence-corrected chi connectivity index (χ4v) is 4.23. The van der Waals surface area contributed by atoms with Gasteiger partial charge in [0, 0.05) is 18.7 Å². The summed E-state index contributed by atoms with van der Waals surface area (Å²) in [6.07, 6.45) is 8.92. The van der Waals surface area contributed by atoms with E-state index in [1.807, 2.05) is 47.4 Å².